The summed E-state index contributed by atoms with van der Waals surface area (Å²) in [5, 5.41) is 10.5. The molecule has 0 amide bonds. The van der Waals surface area contributed by atoms with Gasteiger partial charge in [0.15, 0.2) is 12.1 Å². The van der Waals surface area contributed by atoms with Crippen LogP contribution in [0.5, 0.6) is 0 Å². The van der Waals surface area contributed by atoms with Crippen molar-refractivity contribution in [1.82, 2.24) is 0 Å². The van der Waals surface area contributed by atoms with Gasteiger partial charge in [0.1, 0.15) is 24.9 Å². The van der Waals surface area contributed by atoms with Crippen LogP contribution in [-0.4, -0.2) is 54.5 Å². The molecule has 0 aromatic heterocycles. The highest BCUT2D eigenvalue weighted by molar-refractivity contribution is 4.99. The number of aliphatic hydroxyl groups is 1. The van der Waals surface area contributed by atoms with Crippen molar-refractivity contribution in [2.24, 2.45) is 5.92 Å². The predicted molar refractivity (Wildman–Crippen MR) is 64.2 cm³/mol. The lowest BCUT2D eigenvalue weighted by Gasteiger charge is -2.41. The zero-order valence-corrected chi connectivity index (χ0v) is 11.8. The number of ether oxygens (including phenoxy) is 5. The van der Waals surface area contributed by atoms with Gasteiger partial charge in [0.2, 0.25) is 5.79 Å². The summed E-state index contributed by atoms with van der Waals surface area (Å²) >= 11 is 0. The molecule has 0 bridgehead atoms. The van der Waals surface area contributed by atoms with Crippen LogP contribution < -0.4 is 0 Å². The molecule has 5 atom stereocenters. The third-order valence-electron chi connectivity index (χ3n) is 3.80. The lowest BCUT2D eigenvalue weighted by Crippen LogP contribution is -2.61. The summed E-state index contributed by atoms with van der Waals surface area (Å²) in [6, 6.07) is 0. The molecule has 3 aliphatic heterocycles. The molecule has 0 aromatic rings. The number of rotatable bonds is 1. The molecule has 6 heteroatoms. The van der Waals surface area contributed by atoms with Gasteiger partial charge in [0, 0.05) is 5.92 Å². The van der Waals surface area contributed by atoms with E-state index in [0.29, 0.717) is 6.61 Å². The Morgan fingerprint density at radius 1 is 1.16 bits per heavy atom. The fourth-order valence-electron chi connectivity index (χ4n) is 2.78. The predicted octanol–water partition coefficient (Wildman–Crippen LogP) is 0.623. The number of aliphatic hydroxyl groups excluding tert-OH is 1. The third kappa shape index (κ3) is 2.20. The van der Waals surface area contributed by atoms with Crippen molar-refractivity contribution in [3.8, 4) is 0 Å². The molecule has 3 aliphatic rings. The van der Waals surface area contributed by atoms with Gasteiger partial charge in [0.05, 0.1) is 6.61 Å². The van der Waals surface area contributed by atoms with E-state index in [1.807, 2.05) is 13.8 Å². The van der Waals surface area contributed by atoms with Crippen LogP contribution in [-0.2, 0) is 23.7 Å². The van der Waals surface area contributed by atoms with E-state index in [1.165, 1.54) is 0 Å². The van der Waals surface area contributed by atoms with E-state index < -0.39 is 23.8 Å². The SMILES string of the molecule is CC(C)C1OC2COC3(COC(C)(C)O3)C(O)C2O1. The van der Waals surface area contributed by atoms with Crippen molar-refractivity contribution in [2.75, 3.05) is 13.2 Å². The van der Waals surface area contributed by atoms with Crippen LogP contribution in [0, 0.1) is 5.92 Å². The maximum absolute atomic E-state index is 10.5. The number of hydrogen-bond acceptors (Lipinski definition) is 6. The smallest absolute Gasteiger partial charge is 0.224 e. The Balaban J connectivity index is 1.76. The van der Waals surface area contributed by atoms with E-state index in [-0.39, 0.29) is 24.9 Å². The first-order chi connectivity index (χ1) is 8.83. The summed E-state index contributed by atoms with van der Waals surface area (Å²) in [5.41, 5.74) is 0. The minimum atomic E-state index is -1.14. The van der Waals surface area contributed by atoms with E-state index in [0.717, 1.165) is 0 Å². The second kappa shape index (κ2) is 4.38. The van der Waals surface area contributed by atoms with E-state index in [4.69, 9.17) is 23.7 Å². The van der Waals surface area contributed by atoms with Gasteiger partial charge in [-0.05, 0) is 13.8 Å². The lowest BCUT2D eigenvalue weighted by molar-refractivity contribution is -0.326. The van der Waals surface area contributed by atoms with E-state index in [9.17, 15) is 5.11 Å². The standard InChI is InChI=1S/C13H22O6/c1-7(2)11-17-8-5-15-13(10(14)9(8)18-11)6-16-12(3,4)19-13/h7-11,14H,5-6H2,1-4H3. The Morgan fingerprint density at radius 3 is 2.47 bits per heavy atom. The molecule has 19 heavy (non-hydrogen) atoms. The second-order valence-electron chi connectivity index (χ2n) is 6.25. The molecular formula is C13H22O6. The van der Waals surface area contributed by atoms with Crippen LogP contribution in [0.3, 0.4) is 0 Å². The molecular weight excluding hydrogens is 252 g/mol. The fraction of sp³-hybridized carbons (Fsp3) is 1.00. The first kappa shape index (κ1) is 13.7. The van der Waals surface area contributed by atoms with Crippen molar-refractivity contribution in [3.63, 3.8) is 0 Å². The van der Waals surface area contributed by atoms with Crippen molar-refractivity contribution in [1.29, 1.82) is 0 Å². The number of hydrogen-bond donors (Lipinski definition) is 1. The quantitative estimate of drug-likeness (QED) is 0.756. The van der Waals surface area contributed by atoms with Crippen LogP contribution in [0.1, 0.15) is 27.7 Å². The molecule has 0 aliphatic carbocycles. The molecule has 1 spiro atoms. The van der Waals surface area contributed by atoms with Crippen LogP contribution >= 0.6 is 0 Å². The molecule has 3 heterocycles. The zero-order chi connectivity index (χ0) is 13.8. The van der Waals surface area contributed by atoms with Crippen LogP contribution in [0.15, 0.2) is 0 Å². The highest BCUT2D eigenvalue weighted by atomic mass is 16.9. The highest BCUT2D eigenvalue weighted by Crippen LogP contribution is 2.42. The Hall–Kier alpha value is -0.240. The Kier molecular flexibility index (Phi) is 3.16. The highest BCUT2D eigenvalue weighted by Gasteiger charge is 2.61. The Morgan fingerprint density at radius 2 is 1.89 bits per heavy atom. The maximum Gasteiger partial charge on any atom is 0.224 e. The first-order valence-electron chi connectivity index (χ1n) is 6.80. The number of fused-ring (bicyclic) bond motifs is 1. The van der Waals surface area contributed by atoms with Crippen LogP contribution in [0.2, 0.25) is 0 Å². The first-order valence-corrected chi connectivity index (χ1v) is 6.80. The molecule has 0 aromatic carbocycles. The van der Waals surface area contributed by atoms with Gasteiger partial charge in [-0.1, -0.05) is 13.8 Å². The molecule has 3 rings (SSSR count). The molecule has 110 valence electrons. The molecule has 0 saturated carbocycles. The van der Waals surface area contributed by atoms with Crippen molar-refractivity contribution >= 4 is 0 Å². The maximum atomic E-state index is 10.5. The van der Waals surface area contributed by atoms with Crippen LogP contribution in [0.4, 0.5) is 0 Å². The monoisotopic (exact) mass is 274 g/mol. The van der Waals surface area contributed by atoms with E-state index in [1.54, 1.807) is 13.8 Å². The Bertz CT molecular complexity index is 357. The average Bonchev–Trinajstić information content (AvgIpc) is 2.87. The average molecular weight is 274 g/mol. The van der Waals surface area contributed by atoms with Gasteiger partial charge in [-0.3, -0.25) is 0 Å². The summed E-state index contributed by atoms with van der Waals surface area (Å²) in [6.45, 7) is 8.16. The normalized spacial score (nSPS) is 48.9. The molecule has 1 N–H and O–H groups in total. The summed E-state index contributed by atoms with van der Waals surface area (Å²) in [5.74, 6) is -1.67. The molecule has 3 fully saturated rings. The van der Waals surface area contributed by atoms with Crippen molar-refractivity contribution < 1.29 is 28.8 Å². The lowest BCUT2D eigenvalue weighted by atomic mass is 9.97. The van der Waals surface area contributed by atoms with Crippen molar-refractivity contribution in [3.05, 3.63) is 0 Å². The van der Waals surface area contributed by atoms with Gasteiger partial charge >= 0.3 is 0 Å². The topological polar surface area (TPSA) is 66.4 Å². The van der Waals surface area contributed by atoms with Crippen molar-refractivity contribution in [2.45, 2.75) is 63.9 Å². The minimum Gasteiger partial charge on any atom is -0.385 e. The molecule has 5 unspecified atom stereocenters. The zero-order valence-electron chi connectivity index (χ0n) is 11.8. The summed E-state index contributed by atoms with van der Waals surface area (Å²) in [7, 11) is 0. The summed E-state index contributed by atoms with van der Waals surface area (Å²) in [6.07, 6.45) is -1.91. The largest absolute Gasteiger partial charge is 0.385 e. The molecule has 6 nitrogen and oxygen atoms in total. The summed E-state index contributed by atoms with van der Waals surface area (Å²) < 4.78 is 28.6. The molecule has 0 radical (unpaired) electrons. The van der Waals surface area contributed by atoms with Crippen LogP contribution in [0.25, 0.3) is 0 Å². The summed E-state index contributed by atoms with van der Waals surface area (Å²) in [4.78, 5) is 0. The van der Waals surface area contributed by atoms with E-state index >= 15 is 0 Å². The van der Waals surface area contributed by atoms with Gasteiger partial charge in [-0.25, -0.2) is 0 Å². The third-order valence-corrected chi connectivity index (χ3v) is 3.80. The van der Waals surface area contributed by atoms with Gasteiger partial charge in [0.25, 0.3) is 0 Å². The second-order valence-corrected chi connectivity index (χ2v) is 6.25. The Labute approximate surface area is 112 Å². The fourth-order valence-corrected chi connectivity index (χ4v) is 2.78. The van der Waals surface area contributed by atoms with Gasteiger partial charge in [-0.15, -0.1) is 0 Å². The van der Waals surface area contributed by atoms with Gasteiger partial charge in [-0.2, -0.15) is 0 Å². The van der Waals surface area contributed by atoms with Gasteiger partial charge < -0.3 is 28.8 Å². The minimum absolute atomic E-state index is 0.195. The molecule has 3 saturated heterocycles. The van der Waals surface area contributed by atoms with E-state index in [2.05, 4.69) is 0 Å².